The summed E-state index contributed by atoms with van der Waals surface area (Å²) in [6.07, 6.45) is 21.2. The summed E-state index contributed by atoms with van der Waals surface area (Å²) in [7, 11) is 0. The van der Waals surface area contributed by atoms with Gasteiger partial charge in [-0.1, -0.05) is 93.6 Å². The van der Waals surface area contributed by atoms with E-state index in [1.54, 1.807) is 45.3 Å². The minimum atomic E-state index is 0.00921. The first-order chi connectivity index (χ1) is 69.3. The summed E-state index contributed by atoms with van der Waals surface area (Å²) in [6.45, 7) is 30.9. The number of aromatic nitrogens is 4. The minimum absolute atomic E-state index is 0.00921. The standard InChI is InChI=1S/3C29H32N4O2S.C28H30N4O2S/c3*1-18(2)35-26-10-7-20(13-21(26)14-30)29-32-15-27(36-29)24-6-4-5-23-22(24)8-9-25(23)31-16-28(34)33-12-11-19(3)17-33;1-18(2)34-25-11-8-19(14-20(25)15-29)28-31-16-26(35-28)23-7-5-6-22-21(23)9-10-24(22)30-17-27(33)32-12-3-4-13-32/h3*4-7,10,13,15,18-19,25,31H,8-9,11-12,16-17H2,1-3H3;5-8,11,14,16,18,24,30H,3-4,9-10,12-13,17H2,1-2H3/t19-,25+;2*19-,25-;24-/m0100/s1. The zero-order valence-electron chi connectivity index (χ0n) is 83.5. The van der Waals surface area contributed by atoms with Crippen LogP contribution in [-0.4, -0.2) is 166 Å². The summed E-state index contributed by atoms with van der Waals surface area (Å²) >= 11 is 6.55. The van der Waals surface area contributed by atoms with Crippen LogP contribution in [0.5, 0.6) is 23.0 Å². The van der Waals surface area contributed by atoms with E-state index in [4.69, 9.17) is 18.9 Å². The number of amides is 4. The molecule has 24 nitrogen and oxygen atoms in total. The maximum atomic E-state index is 12.6. The van der Waals surface area contributed by atoms with Gasteiger partial charge in [-0.2, -0.15) is 21.0 Å². The number of carbonyl (C=O) groups excluding carboxylic acids is 4. The molecular weight excluding hydrogens is 1860 g/mol. The van der Waals surface area contributed by atoms with E-state index in [2.05, 4.69) is 159 Å². The van der Waals surface area contributed by atoms with Crippen molar-refractivity contribution < 1.29 is 38.1 Å². The van der Waals surface area contributed by atoms with Crippen LogP contribution in [0.3, 0.4) is 0 Å². The maximum absolute atomic E-state index is 12.6. The largest absolute Gasteiger partial charge is 0.490 e. The van der Waals surface area contributed by atoms with Crippen LogP contribution in [0.15, 0.2) is 170 Å². The van der Waals surface area contributed by atoms with E-state index in [0.29, 0.717) is 89.2 Å². The van der Waals surface area contributed by atoms with Gasteiger partial charge in [-0.25, -0.2) is 19.9 Å². The lowest BCUT2D eigenvalue weighted by Gasteiger charge is -2.19. The zero-order valence-corrected chi connectivity index (χ0v) is 86.7. The lowest BCUT2D eigenvalue weighted by atomic mass is 10.0. The van der Waals surface area contributed by atoms with Crippen LogP contribution in [-0.2, 0) is 44.9 Å². The molecule has 8 aromatic carbocycles. The Morgan fingerprint density at radius 2 is 0.573 bits per heavy atom. The SMILES string of the molecule is CC(C)Oc1ccc(-c2ncc(-c3cccc4c3CC[C@@H]4NCC(=O)N3CCCC3)s2)cc1C#N.CC(C)Oc1ccc(-c2ncc(-c3cccc4c3CC[C@@H]4NCC(=O)N3CC[C@H](C)C3)s2)cc1C#N.CC(C)Oc1ccc(-c2ncc(-c3cccc4c3CC[C@H]4NCC(=O)N3CC[C@@H](C)C3)s2)cc1C#N.CC(C)Oc1ccc(-c2ncc(-c3cccc4c3CC[C@H]4NCC(=O)N3CC[C@H](C)C3)s2)cc1C#N. The van der Waals surface area contributed by atoms with Crippen LogP contribution in [0, 0.1) is 63.1 Å². The van der Waals surface area contributed by atoms with Gasteiger partial charge in [-0.3, -0.25) is 19.2 Å². The first-order valence-electron chi connectivity index (χ1n) is 50.5. The number of fused-ring (bicyclic) bond motifs is 4. The van der Waals surface area contributed by atoms with Crippen LogP contribution >= 0.6 is 45.3 Å². The first-order valence-corrected chi connectivity index (χ1v) is 53.8. The second-order valence-electron chi connectivity index (χ2n) is 39.7. The van der Waals surface area contributed by atoms with Gasteiger partial charge in [0.25, 0.3) is 0 Å². The Labute approximate surface area is 855 Å². The molecule has 4 aromatic heterocycles. The monoisotopic (exact) mass is 1990 g/mol. The smallest absolute Gasteiger partial charge is 0.236 e. The molecule has 7 atom stereocenters. The van der Waals surface area contributed by atoms with Crippen molar-refractivity contribution in [1.82, 2.24) is 60.8 Å². The summed E-state index contributed by atoms with van der Waals surface area (Å²) < 4.78 is 23.0. The predicted octanol–water partition coefficient (Wildman–Crippen LogP) is 22.1. The van der Waals surface area contributed by atoms with Gasteiger partial charge in [-0.05, 0) is 296 Å². The van der Waals surface area contributed by atoms with Crippen molar-refractivity contribution in [2.75, 3.05) is 78.5 Å². The summed E-state index contributed by atoms with van der Waals surface area (Å²) in [5, 5.41) is 56.0. The highest BCUT2D eigenvalue weighted by molar-refractivity contribution is 7.19. The van der Waals surface area contributed by atoms with E-state index >= 15 is 0 Å². The molecular formula is C115H126N16O8S4. The number of nitrogens with one attached hydrogen (secondary N) is 4. The highest BCUT2D eigenvalue weighted by Crippen LogP contribution is 2.48. The molecule has 20 rings (SSSR count). The van der Waals surface area contributed by atoms with E-state index in [1.807, 2.05) is 173 Å². The molecule has 0 radical (unpaired) electrons. The topological polar surface area (TPSA) is 313 Å². The Hall–Kier alpha value is -12.8. The summed E-state index contributed by atoms with van der Waals surface area (Å²) in [5.41, 5.74) is 21.1. The van der Waals surface area contributed by atoms with Gasteiger partial charge in [0, 0.05) is 124 Å². The van der Waals surface area contributed by atoms with Crippen molar-refractivity contribution >= 4 is 69.0 Å². The Bertz CT molecular complexity index is 6320. The fourth-order valence-electron chi connectivity index (χ4n) is 20.7. The van der Waals surface area contributed by atoms with Gasteiger partial charge in [0.05, 0.1) is 92.4 Å². The molecule has 0 bridgehead atoms. The molecule has 28 heteroatoms. The summed E-state index contributed by atoms with van der Waals surface area (Å²) in [4.78, 5) is 81.5. The molecule has 4 fully saturated rings. The Balaban J connectivity index is 0.000000131. The Morgan fingerprint density at radius 1 is 0.336 bits per heavy atom. The Kier molecular flexibility index (Phi) is 33.2. The van der Waals surface area contributed by atoms with Crippen molar-refractivity contribution in [3.63, 3.8) is 0 Å². The molecule has 8 heterocycles. The minimum Gasteiger partial charge on any atom is -0.490 e. The molecule has 0 unspecified atom stereocenters. The third-order valence-corrected chi connectivity index (χ3v) is 32.1. The number of thiazole rings is 4. The number of benzene rings is 8. The average molecular weight is 1990 g/mol. The van der Waals surface area contributed by atoms with Gasteiger partial charge in [0.15, 0.2) is 0 Å². The van der Waals surface area contributed by atoms with Gasteiger partial charge < -0.3 is 59.8 Å². The number of rotatable bonds is 28. The van der Waals surface area contributed by atoms with Gasteiger partial charge >= 0.3 is 0 Å². The number of likely N-dealkylation sites (tertiary alicyclic amines) is 4. The van der Waals surface area contributed by atoms with E-state index in [1.165, 1.54) is 66.8 Å². The molecule has 8 aliphatic rings. The lowest BCUT2D eigenvalue weighted by molar-refractivity contribution is -0.130. The van der Waals surface area contributed by atoms with Crippen LogP contribution in [0.2, 0.25) is 0 Å². The molecule has 4 N–H and O–H groups in total. The third-order valence-electron chi connectivity index (χ3n) is 27.8. The van der Waals surface area contributed by atoms with Crippen LogP contribution < -0.4 is 40.2 Å². The molecule has 0 saturated carbocycles. The molecule has 4 aliphatic heterocycles. The number of nitrogens with zero attached hydrogens (tertiary/aromatic N) is 12. The van der Waals surface area contributed by atoms with E-state index in [-0.39, 0.29) is 72.2 Å². The number of hydrogen-bond donors (Lipinski definition) is 4. The molecule has 738 valence electrons. The number of nitriles is 4. The van der Waals surface area contributed by atoms with E-state index < -0.39 is 0 Å². The van der Waals surface area contributed by atoms with E-state index in [9.17, 15) is 40.2 Å². The number of ether oxygens (including phenoxy) is 4. The molecule has 143 heavy (non-hydrogen) atoms. The fraction of sp³-hybridized carbons (Fsp3) is 0.409. The fourth-order valence-corrected chi connectivity index (χ4v) is 24.5. The first kappa shape index (κ1) is 102. The van der Waals surface area contributed by atoms with Gasteiger partial charge in [0.1, 0.15) is 67.3 Å². The number of hydrogen-bond acceptors (Lipinski definition) is 24. The van der Waals surface area contributed by atoms with Crippen molar-refractivity contribution in [3.8, 4) is 131 Å². The number of carbonyl (C=O) groups is 4. The molecule has 12 aromatic rings. The van der Waals surface area contributed by atoms with Crippen LogP contribution in [0.4, 0.5) is 0 Å². The summed E-state index contributed by atoms with van der Waals surface area (Å²) in [5.74, 6) is 5.04. The highest BCUT2D eigenvalue weighted by atomic mass is 32.1. The highest BCUT2D eigenvalue weighted by Gasteiger charge is 2.35. The van der Waals surface area contributed by atoms with Crippen LogP contribution in [0.1, 0.15) is 225 Å². The quantitative estimate of drug-likeness (QED) is 0.0354. The zero-order chi connectivity index (χ0) is 100. The van der Waals surface area contributed by atoms with E-state index in [0.717, 1.165) is 198 Å². The van der Waals surface area contributed by atoms with Gasteiger partial charge in [0.2, 0.25) is 23.6 Å². The molecule has 4 aliphatic carbocycles. The van der Waals surface area contributed by atoms with Crippen molar-refractivity contribution in [2.45, 2.75) is 208 Å². The average Bonchev–Trinajstić information content (AvgIpc) is 1.65. The molecule has 4 saturated heterocycles. The predicted molar refractivity (Wildman–Crippen MR) is 567 cm³/mol. The van der Waals surface area contributed by atoms with Gasteiger partial charge in [-0.15, -0.1) is 45.3 Å². The van der Waals surface area contributed by atoms with Crippen molar-refractivity contribution in [3.05, 3.63) is 237 Å². The van der Waals surface area contributed by atoms with Crippen LogP contribution in [0.25, 0.3) is 84.0 Å². The van der Waals surface area contributed by atoms with Crippen molar-refractivity contribution in [2.24, 2.45) is 17.8 Å². The second-order valence-corrected chi connectivity index (χ2v) is 43.9. The normalized spacial score (nSPS) is 18.4. The second kappa shape index (κ2) is 46.7. The van der Waals surface area contributed by atoms with Crippen molar-refractivity contribution in [1.29, 1.82) is 21.0 Å². The maximum Gasteiger partial charge on any atom is 0.236 e. The lowest BCUT2D eigenvalue weighted by Crippen LogP contribution is -2.37. The molecule has 4 amide bonds. The Morgan fingerprint density at radius 3 is 0.790 bits per heavy atom. The molecule has 0 spiro atoms. The third kappa shape index (κ3) is 24.3. The summed E-state index contributed by atoms with van der Waals surface area (Å²) in [6, 6.07) is 58.3.